The van der Waals surface area contributed by atoms with Gasteiger partial charge in [-0.05, 0) is 96.6 Å². The van der Waals surface area contributed by atoms with Gasteiger partial charge in [-0.1, -0.05) is 55.0 Å². The molecule has 1 nitrogen and oxygen atoms in total. The third kappa shape index (κ3) is 3.64. The maximum Gasteiger partial charge on any atom is 0.0349 e. The Morgan fingerprint density at radius 1 is 0.857 bits per heavy atom. The maximum atomic E-state index is 2.52. The monoisotopic (exact) mass is 387 g/mol. The fraction of sp³-hybridized carbons (Fsp3) is 0.308. The van der Waals surface area contributed by atoms with E-state index in [0.717, 1.165) is 25.9 Å². The van der Waals surface area contributed by atoms with Crippen molar-refractivity contribution in [1.29, 1.82) is 0 Å². The second-order valence-electron chi connectivity index (χ2n) is 7.80. The quantitative estimate of drug-likeness (QED) is 0.448. The highest BCUT2D eigenvalue weighted by molar-refractivity contribution is 7.97. The minimum absolute atomic E-state index is 1.02. The zero-order valence-electron chi connectivity index (χ0n) is 17.4. The summed E-state index contributed by atoms with van der Waals surface area (Å²) in [7, 11) is 0. The standard InChI is InChI=1S/C26H29NS/c1-5-23-19(3)24-15-16-27(28-22-9-7-6-8-10-22)17-25(24)20(4)26(23)21-13-11-18(2)12-14-21/h6-14H,5,15-17H2,1-4H3. The van der Waals surface area contributed by atoms with E-state index in [9.17, 15) is 0 Å². The van der Waals surface area contributed by atoms with E-state index >= 15 is 0 Å². The lowest BCUT2D eigenvalue weighted by molar-refractivity contribution is 0.441. The molecule has 0 aliphatic carbocycles. The van der Waals surface area contributed by atoms with E-state index in [2.05, 4.69) is 86.6 Å². The predicted octanol–water partition coefficient (Wildman–Crippen LogP) is 6.91. The smallest absolute Gasteiger partial charge is 0.0349 e. The maximum absolute atomic E-state index is 2.52. The molecule has 1 aliphatic rings. The van der Waals surface area contributed by atoms with Gasteiger partial charge in [0.05, 0.1) is 0 Å². The Labute approximate surface area is 173 Å². The van der Waals surface area contributed by atoms with Crippen molar-refractivity contribution in [3.8, 4) is 11.1 Å². The number of hydrogen-bond donors (Lipinski definition) is 0. The summed E-state index contributed by atoms with van der Waals surface area (Å²) in [6.45, 7) is 11.3. The summed E-state index contributed by atoms with van der Waals surface area (Å²) in [6, 6.07) is 19.8. The highest BCUT2D eigenvalue weighted by Gasteiger charge is 2.25. The van der Waals surface area contributed by atoms with Gasteiger partial charge in [-0.3, -0.25) is 0 Å². The Morgan fingerprint density at radius 3 is 2.25 bits per heavy atom. The van der Waals surface area contributed by atoms with E-state index in [4.69, 9.17) is 0 Å². The summed E-state index contributed by atoms with van der Waals surface area (Å²) in [6.07, 6.45) is 2.23. The van der Waals surface area contributed by atoms with Crippen LogP contribution in [-0.2, 0) is 19.4 Å². The molecule has 0 N–H and O–H groups in total. The molecule has 3 aromatic carbocycles. The third-order valence-electron chi connectivity index (χ3n) is 6.02. The van der Waals surface area contributed by atoms with Gasteiger partial charge in [0.15, 0.2) is 0 Å². The van der Waals surface area contributed by atoms with Crippen molar-refractivity contribution in [2.45, 2.75) is 52.0 Å². The SMILES string of the molecule is CCc1c(C)c2c(c(C)c1-c1ccc(C)cc1)CN(Sc1ccccc1)CC2. The van der Waals surface area contributed by atoms with Crippen LogP contribution in [0.15, 0.2) is 59.5 Å². The van der Waals surface area contributed by atoms with E-state index in [1.54, 1.807) is 11.1 Å². The van der Waals surface area contributed by atoms with E-state index in [1.165, 1.54) is 38.3 Å². The van der Waals surface area contributed by atoms with Gasteiger partial charge in [-0.2, -0.15) is 0 Å². The summed E-state index contributed by atoms with van der Waals surface area (Å²) < 4.78 is 2.52. The minimum Gasteiger partial charge on any atom is -0.242 e. The fourth-order valence-corrected chi connectivity index (χ4v) is 5.46. The number of hydrogen-bond acceptors (Lipinski definition) is 2. The average Bonchev–Trinajstić information content (AvgIpc) is 2.72. The van der Waals surface area contributed by atoms with Crippen molar-refractivity contribution < 1.29 is 0 Å². The summed E-state index contributed by atoms with van der Waals surface area (Å²) in [5.74, 6) is 0. The third-order valence-corrected chi connectivity index (χ3v) is 7.07. The first-order valence-electron chi connectivity index (χ1n) is 10.3. The lowest BCUT2D eigenvalue weighted by atomic mass is 9.81. The predicted molar refractivity (Wildman–Crippen MR) is 122 cm³/mol. The molecule has 0 bridgehead atoms. The molecule has 0 saturated carbocycles. The van der Waals surface area contributed by atoms with Crippen LogP contribution in [0.2, 0.25) is 0 Å². The Kier molecular flexibility index (Phi) is 5.61. The number of aryl methyl sites for hydroxylation is 1. The van der Waals surface area contributed by atoms with Crippen LogP contribution in [0, 0.1) is 20.8 Å². The van der Waals surface area contributed by atoms with Gasteiger partial charge in [0.1, 0.15) is 0 Å². The van der Waals surface area contributed by atoms with Crippen LogP contribution in [0.3, 0.4) is 0 Å². The van der Waals surface area contributed by atoms with Gasteiger partial charge in [-0.15, -0.1) is 0 Å². The first-order chi connectivity index (χ1) is 13.6. The van der Waals surface area contributed by atoms with Gasteiger partial charge < -0.3 is 0 Å². The van der Waals surface area contributed by atoms with E-state index < -0.39 is 0 Å². The van der Waals surface area contributed by atoms with E-state index in [0.29, 0.717) is 0 Å². The molecule has 0 atom stereocenters. The Balaban J connectivity index is 1.75. The molecular formula is C26H29NS. The van der Waals surface area contributed by atoms with Gasteiger partial charge in [0.25, 0.3) is 0 Å². The van der Waals surface area contributed by atoms with Crippen molar-refractivity contribution in [2.75, 3.05) is 6.54 Å². The van der Waals surface area contributed by atoms with Crippen molar-refractivity contribution in [3.63, 3.8) is 0 Å². The van der Waals surface area contributed by atoms with Crippen molar-refractivity contribution in [3.05, 3.63) is 88.0 Å². The van der Waals surface area contributed by atoms with Crippen LogP contribution in [0.5, 0.6) is 0 Å². The fourth-order valence-electron chi connectivity index (χ4n) is 4.51. The second-order valence-corrected chi connectivity index (χ2v) is 8.97. The highest BCUT2D eigenvalue weighted by atomic mass is 32.2. The van der Waals surface area contributed by atoms with Crippen LogP contribution in [0.1, 0.15) is 40.3 Å². The second kappa shape index (κ2) is 8.14. The van der Waals surface area contributed by atoms with E-state index in [-0.39, 0.29) is 0 Å². The van der Waals surface area contributed by atoms with Crippen LogP contribution in [-0.4, -0.2) is 10.8 Å². The lowest BCUT2D eigenvalue weighted by Crippen LogP contribution is -2.27. The molecule has 3 aromatic rings. The van der Waals surface area contributed by atoms with Crippen LogP contribution in [0.4, 0.5) is 0 Å². The minimum atomic E-state index is 1.02. The lowest BCUT2D eigenvalue weighted by Gasteiger charge is -2.32. The normalized spacial score (nSPS) is 14.1. The molecule has 2 heteroatoms. The molecule has 0 amide bonds. The van der Waals surface area contributed by atoms with Gasteiger partial charge in [0.2, 0.25) is 0 Å². The summed E-state index contributed by atoms with van der Waals surface area (Å²) in [5, 5.41) is 0. The molecule has 0 radical (unpaired) electrons. The molecule has 144 valence electrons. The molecule has 0 saturated heterocycles. The zero-order valence-corrected chi connectivity index (χ0v) is 18.2. The first-order valence-corrected chi connectivity index (χ1v) is 11.0. The van der Waals surface area contributed by atoms with Crippen molar-refractivity contribution >= 4 is 11.9 Å². The Hall–Kier alpha value is -2.03. The van der Waals surface area contributed by atoms with Crippen LogP contribution < -0.4 is 0 Å². The highest BCUT2D eigenvalue weighted by Crippen LogP contribution is 2.39. The molecule has 0 unspecified atom stereocenters. The Bertz CT molecular complexity index is 974. The number of rotatable bonds is 4. The van der Waals surface area contributed by atoms with Gasteiger partial charge >= 0.3 is 0 Å². The molecular weight excluding hydrogens is 358 g/mol. The summed E-state index contributed by atoms with van der Waals surface area (Å²) in [4.78, 5) is 1.32. The molecule has 0 aromatic heterocycles. The Morgan fingerprint density at radius 2 is 1.57 bits per heavy atom. The van der Waals surface area contributed by atoms with Gasteiger partial charge in [0, 0.05) is 18.0 Å². The molecule has 0 spiro atoms. The first kappa shape index (κ1) is 19.3. The summed E-state index contributed by atoms with van der Waals surface area (Å²) in [5.41, 5.74) is 11.8. The largest absolute Gasteiger partial charge is 0.242 e. The molecule has 1 heterocycles. The van der Waals surface area contributed by atoms with E-state index in [1.807, 2.05) is 11.9 Å². The molecule has 0 fully saturated rings. The number of fused-ring (bicyclic) bond motifs is 1. The molecule has 28 heavy (non-hydrogen) atoms. The van der Waals surface area contributed by atoms with Crippen molar-refractivity contribution in [2.24, 2.45) is 0 Å². The topological polar surface area (TPSA) is 3.24 Å². The molecule has 1 aliphatic heterocycles. The van der Waals surface area contributed by atoms with Crippen LogP contribution >= 0.6 is 11.9 Å². The number of nitrogens with zero attached hydrogens (tertiary/aromatic N) is 1. The molecule has 4 rings (SSSR count). The van der Waals surface area contributed by atoms with Crippen molar-refractivity contribution in [1.82, 2.24) is 4.31 Å². The van der Waals surface area contributed by atoms with Crippen LogP contribution in [0.25, 0.3) is 11.1 Å². The average molecular weight is 388 g/mol. The zero-order chi connectivity index (χ0) is 19.7. The summed E-state index contributed by atoms with van der Waals surface area (Å²) >= 11 is 1.89. The number of benzene rings is 3. The van der Waals surface area contributed by atoms with Gasteiger partial charge in [-0.25, -0.2) is 4.31 Å².